The van der Waals surface area contributed by atoms with Crippen LogP contribution in [0.3, 0.4) is 0 Å². The lowest BCUT2D eigenvalue weighted by atomic mass is 9.80. The molecule has 0 saturated heterocycles. The molecule has 6 heteroatoms. The lowest BCUT2D eigenvalue weighted by Gasteiger charge is -2.33. The van der Waals surface area contributed by atoms with Crippen LogP contribution in [0.2, 0.25) is 0 Å². The Hall–Kier alpha value is -1.11. The number of benzene rings is 1. The molecule has 1 aliphatic carbocycles. The Morgan fingerprint density at radius 3 is 2.55 bits per heavy atom. The molecule has 1 saturated carbocycles. The highest BCUT2D eigenvalue weighted by molar-refractivity contribution is 7.89. The number of para-hydroxylation sites is 1. The summed E-state index contributed by atoms with van der Waals surface area (Å²) >= 11 is 0. The zero-order valence-corrected chi connectivity index (χ0v) is 12.8. The van der Waals surface area contributed by atoms with Crippen molar-refractivity contribution in [1.29, 1.82) is 0 Å². The van der Waals surface area contributed by atoms with Crippen molar-refractivity contribution >= 4 is 15.7 Å². The normalized spacial score (nSPS) is 27.2. The summed E-state index contributed by atoms with van der Waals surface area (Å²) in [6.45, 7) is 4.32. The van der Waals surface area contributed by atoms with Gasteiger partial charge in [-0.3, -0.25) is 5.84 Å². The number of hydrogen-bond acceptors (Lipinski definition) is 4. The molecule has 112 valence electrons. The second-order valence-corrected chi connectivity index (χ2v) is 7.45. The van der Waals surface area contributed by atoms with E-state index < -0.39 is 10.0 Å². The fourth-order valence-corrected chi connectivity index (χ4v) is 4.47. The molecule has 4 N–H and O–H groups in total. The van der Waals surface area contributed by atoms with Crippen molar-refractivity contribution in [3.05, 3.63) is 24.3 Å². The van der Waals surface area contributed by atoms with Crippen molar-refractivity contribution < 1.29 is 8.42 Å². The molecule has 1 aromatic rings. The Balaban J connectivity index is 2.19. The number of hydrogen-bond donors (Lipinski definition) is 3. The third-order valence-corrected chi connectivity index (χ3v) is 5.62. The summed E-state index contributed by atoms with van der Waals surface area (Å²) in [5, 5.41) is 0. The molecule has 0 aliphatic heterocycles. The van der Waals surface area contributed by atoms with E-state index in [-0.39, 0.29) is 10.9 Å². The highest BCUT2D eigenvalue weighted by Gasteiger charge is 2.30. The number of nitrogens with two attached hydrogens (primary N) is 1. The van der Waals surface area contributed by atoms with Crippen LogP contribution in [0.4, 0.5) is 5.69 Å². The number of hydrazine groups is 1. The van der Waals surface area contributed by atoms with Gasteiger partial charge in [0.15, 0.2) is 0 Å². The zero-order valence-electron chi connectivity index (χ0n) is 12.0. The van der Waals surface area contributed by atoms with Crippen molar-refractivity contribution in [3.63, 3.8) is 0 Å². The predicted molar refractivity (Wildman–Crippen MR) is 80.5 cm³/mol. The lowest BCUT2D eigenvalue weighted by molar-refractivity contribution is 0.249. The topological polar surface area (TPSA) is 84.2 Å². The molecule has 5 nitrogen and oxygen atoms in total. The summed E-state index contributed by atoms with van der Waals surface area (Å²) in [4.78, 5) is 0.202. The van der Waals surface area contributed by atoms with Gasteiger partial charge in [-0.1, -0.05) is 26.0 Å². The summed E-state index contributed by atoms with van der Waals surface area (Å²) in [7, 11) is -3.55. The van der Waals surface area contributed by atoms with E-state index in [2.05, 4.69) is 24.0 Å². The van der Waals surface area contributed by atoms with Crippen LogP contribution in [0.1, 0.15) is 33.1 Å². The van der Waals surface area contributed by atoms with E-state index in [0.29, 0.717) is 17.5 Å². The van der Waals surface area contributed by atoms with Gasteiger partial charge < -0.3 is 5.43 Å². The van der Waals surface area contributed by atoms with Crippen LogP contribution >= 0.6 is 0 Å². The van der Waals surface area contributed by atoms with Gasteiger partial charge in [0.2, 0.25) is 10.0 Å². The summed E-state index contributed by atoms with van der Waals surface area (Å²) < 4.78 is 27.8. The summed E-state index contributed by atoms with van der Waals surface area (Å²) in [5.41, 5.74) is 2.85. The Morgan fingerprint density at radius 2 is 1.90 bits per heavy atom. The van der Waals surface area contributed by atoms with Gasteiger partial charge in [-0.25, -0.2) is 13.1 Å². The number of rotatable bonds is 4. The molecule has 0 bridgehead atoms. The predicted octanol–water partition coefficient (Wildman–Crippen LogP) is 2.08. The second-order valence-electron chi connectivity index (χ2n) is 5.76. The van der Waals surface area contributed by atoms with Crippen molar-refractivity contribution in [1.82, 2.24) is 4.72 Å². The molecule has 0 heterocycles. The molecule has 0 amide bonds. The van der Waals surface area contributed by atoms with Crippen LogP contribution in [-0.2, 0) is 10.0 Å². The summed E-state index contributed by atoms with van der Waals surface area (Å²) in [5.74, 6) is 6.41. The maximum absolute atomic E-state index is 12.5. The molecule has 0 spiro atoms. The van der Waals surface area contributed by atoms with Gasteiger partial charge in [-0.2, -0.15) is 0 Å². The molecule has 1 fully saturated rings. The quantitative estimate of drug-likeness (QED) is 0.587. The Labute approximate surface area is 121 Å². The third kappa shape index (κ3) is 3.31. The van der Waals surface area contributed by atoms with Gasteiger partial charge in [-0.15, -0.1) is 0 Å². The number of sulfonamides is 1. The molecule has 3 atom stereocenters. The first kappa shape index (κ1) is 15.3. The molecule has 1 aromatic carbocycles. The van der Waals surface area contributed by atoms with Gasteiger partial charge in [0.1, 0.15) is 4.90 Å². The Kier molecular flexibility index (Phi) is 4.67. The highest BCUT2D eigenvalue weighted by atomic mass is 32.2. The van der Waals surface area contributed by atoms with E-state index in [4.69, 9.17) is 5.84 Å². The third-order valence-electron chi connectivity index (χ3n) is 4.07. The molecular formula is C14H23N3O2S. The smallest absolute Gasteiger partial charge is 0.242 e. The first-order valence-corrected chi connectivity index (χ1v) is 8.50. The monoisotopic (exact) mass is 297 g/mol. The first-order valence-electron chi connectivity index (χ1n) is 7.02. The van der Waals surface area contributed by atoms with Gasteiger partial charge in [-0.05, 0) is 43.2 Å². The number of nitrogen functional groups attached to an aromatic ring is 1. The van der Waals surface area contributed by atoms with Gasteiger partial charge in [0.25, 0.3) is 0 Å². The number of nitrogens with one attached hydrogen (secondary N) is 2. The molecule has 0 radical (unpaired) electrons. The minimum Gasteiger partial charge on any atom is -0.323 e. The van der Waals surface area contributed by atoms with Gasteiger partial charge in [0, 0.05) is 6.04 Å². The largest absolute Gasteiger partial charge is 0.323 e. The van der Waals surface area contributed by atoms with E-state index in [9.17, 15) is 8.42 Å². The van der Waals surface area contributed by atoms with Crippen molar-refractivity contribution in [2.45, 2.75) is 44.0 Å². The minimum atomic E-state index is -3.55. The Morgan fingerprint density at radius 1 is 1.20 bits per heavy atom. The van der Waals surface area contributed by atoms with Crippen molar-refractivity contribution in [2.75, 3.05) is 5.43 Å². The average Bonchev–Trinajstić information content (AvgIpc) is 2.42. The molecule has 2 rings (SSSR count). The van der Waals surface area contributed by atoms with Crippen LogP contribution in [0.5, 0.6) is 0 Å². The van der Waals surface area contributed by atoms with Crippen molar-refractivity contribution in [2.24, 2.45) is 17.7 Å². The zero-order chi connectivity index (χ0) is 14.8. The average molecular weight is 297 g/mol. The molecule has 0 aromatic heterocycles. The van der Waals surface area contributed by atoms with Crippen LogP contribution in [-0.4, -0.2) is 14.5 Å². The van der Waals surface area contributed by atoms with E-state index in [1.54, 1.807) is 24.3 Å². The summed E-state index contributed by atoms with van der Waals surface area (Å²) in [6.07, 6.45) is 3.01. The first-order chi connectivity index (χ1) is 9.44. The molecule has 1 aliphatic rings. The van der Waals surface area contributed by atoms with Crippen LogP contribution in [0.15, 0.2) is 29.2 Å². The van der Waals surface area contributed by atoms with E-state index in [1.165, 1.54) is 0 Å². The van der Waals surface area contributed by atoms with E-state index in [0.717, 1.165) is 19.3 Å². The van der Waals surface area contributed by atoms with Crippen LogP contribution in [0, 0.1) is 11.8 Å². The van der Waals surface area contributed by atoms with Crippen molar-refractivity contribution in [3.8, 4) is 0 Å². The fraction of sp³-hybridized carbons (Fsp3) is 0.571. The number of anilines is 1. The molecule has 3 unspecified atom stereocenters. The maximum Gasteiger partial charge on any atom is 0.242 e. The van der Waals surface area contributed by atoms with Crippen LogP contribution < -0.4 is 16.0 Å². The lowest BCUT2D eigenvalue weighted by Crippen LogP contribution is -2.42. The van der Waals surface area contributed by atoms with Gasteiger partial charge in [0.05, 0.1) is 5.69 Å². The SMILES string of the molecule is CC1CCC(NS(=O)(=O)c2ccccc2NN)C(C)C1. The van der Waals surface area contributed by atoms with E-state index >= 15 is 0 Å². The van der Waals surface area contributed by atoms with Gasteiger partial charge >= 0.3 is 0 Å². The highest BCUT2D eigenvalue weighted by Crippen LogP contribution is 2.30. The minimum absolute atomic E-state index is 0.00188. The molecular weight excluding hydrogens is 274 g/mol. The second kappa shape index (κ2) is 6.11. The Bertz CT molecular complexity index is 559. The standard InChI is InChI=1S/C14H23N3O2S/c1-10-7-8-12(11(2)9-10)17-20(18,19)14-6-4-3-5-13(14)16-15/h3-6,10-12,16-17H,7-9,15H2,1-2H3. The van der Waals surface area contributed by atoms with E-state index in [1.807, 2.05) is 0 Å². The fourth-order valence-electron chi connectivity index (χ4n) is 2.92. The molecule has 20 heavy (non-hydrogen) atoms. The summed E-state index contributed by atoms with van der Waals surface area (Å²) in [6, 6.07) is 6.66. The maximum atomic E-state index is 12.5. The van der Waals surface area contributed by atoms with Crippen LogP contribution in [0.25, 0.3) is 0 Å².